The smallest absolute Gasteiger partial charge is 0.256 e. The number of pyridine rings is 1. The maximum atomic E-state index is 12.5. The molecular formula is C23H24N2O2. The Morgan fingerprint density at radius 2 is 1.78 bits per heavy atom. The molecule has 0 radical (unpaired) electrons. The number of aromatic amines is 1. The largest absolute Gasteiger partial charge is 0.379 e. The van der Waals surface area contributed by atoms with Gasteiger partial charge in [0.05, 0.1) is 18.9 Å². The van der Waals surface area contributed by atoms with Gasteiger partial charge in [0.15, 0.2) is 0 Å². The van der Waals surface area contributed by atoms with Crippen LogP contribution >= 0.6 is 0 Å². The van der Waals surface area contributed by atoms with Gasteiger partial charge in [-0.3, -0.25) is 9.69 Å². The fourth-order valence-corrected chi connectivity index (χ4v) is 4.56. The van der Waals surface area contributed by atoms with Crippen LogP contribution in [0.25, 0.3) is 22.0 Å². The van der Waals surface area contributed by atoms with Gasteiger partial charge in [0.1, 0.15) is 0 Å². The molecule has 0 unspecified atom stereocenters. The Morgan fingerprint density at radius 1 is 0.963 bits per heavy atom. The molecule has 2 heterocycles. The van der Waals surface area contributed by atoms with Gasteiger partial charge >= 0.3 is 0 Å². The molecule has 5 rings (SSSR count). The molecule has 0 amide bonds. The van der Waals surface area contributed by atoms with Crippen LogP contribution in [0.15, 0.2) is 47.3 Å². The first kappa shape index (κ1) is 16.7. The van der Waals surface area contributed by atoms with Gasteiger partial charge < -0.3 is 9.72 Å². The van der Waals surface area contributed by atoms with E-state index in [2.05, 4.69) is 34.1 Å². The van der Waals surface area contributed by atoms with E-state index in [1.807, 2.05) is 18.2 Å². The van der Waals surface area contributed by atoms with E-state index in [0.717, 1.165) is 68.6 Å². The SMILES string of the molecule is O=c1[nH]c2c(c3ccccc13)Cc1c(CCCN3CCOCC3)cccc1-2. The van der Waals surface area contributed by atoms with Gasteiger partial charge in [-0.25, -0.2) is 0 Å². The van der Waals surface area contributed by atoms with Crippen molar-refractivity contribution in [3.63, 3.8) is 0 Å². The number of hydrogen-bond acceptors (Lipinski definition) is 3. The Hall–Kier alpha value is -2.43. The first-order valence-electron chi connectivity index (χ1n) is 9.86. The maximum absolute atomic E-state index is 12.5. The fourth-order valence-electron chi connectivity index (χ4n) is 4.56. The molecular weight excluding hydrogens is 336 g/mol. The number of H-pyrrole nitrogens is 1. The number of benzene rings is 2. The van der Waals surface area contributed by atoms with E-state index in [-0.39, 0.29) is 5.56 Å². The minimum absolute atomic E-state index is 0.00919. The molecule has 1 N–H and O–H groups in total. The molecule has 4 nitrogen and oxygen atoms in total. The van der Waals surface area contributed by atoms with Gasteiger partial charge in [0.2, 0.25) is 0 Å². The summed E-state index contributed by atoms with van der Waals surface area (Å²) in [7, 11) is 0. The molecule has 0 saturated carbocycles. The molecule has 3 aromatic rings. The number of nitrogens with zero attached hydrogens (tertiary/aromatic N) is 1. The predicted octanol–water partition coefficient (Wildman–Crippen LogP) is 3.36. The fraction of sp³-hybridized carbons (Fsp3) is 0.348. The lowest BCUT2D eigenvalue weighted by Crippen LogP contribution is -2.36. The number of morpholine rings is 1. The highest BCUT2D eigenvalue weighted by atomic mass is 16.5. The normalized spacial score (nSPS) is 16.4. The number of ether oxygens (including phenoxy) is 1. The molecule has 138 valence electrons. The first-order chi connectivity index (χ1) is 13.3. The third-order valence-electron chi connectivity index (χ3n) is 5.96. The highest BCUT2D eigenvalue weighted by molar-refractivity contribution is 5.93. The van der Waals surface area contributed by atoms with Crippen LogP contribution in [0.2, 0.25) is 0 Å². The summed E-state index contributed by atoms with van der Waals surface area (Å²) in [5.74, 6) is 0. The summed E-state index contributed by atoms with van der Waals surface area (Å²) in [6.07, 6.45) is 3.15. The van der Waals surface area contributed by atoms with E-state index < -0.39 is 0 Å². The number of nitrogens with one attached hydrogen (secondary N) is 1. The van der Waals surface area contributed by atoms with Crippen molar-refractivity contribution in [1.82, 2.24) is 9.88 Å². The molecule has 27 heavy (non-hydrogen) atoms. The first-order valence-corrected chi connectivity index (χ1v) is 9.86. The van der Waals surface area contributed by atoms with E-state index >= 15 is 0 Å². The van der Waals surface area contributed by atoms with Crippen molar-refractivity contribution in [1.29, 1.82) is 0 Å². The average molecular weight is 360 g/mol. The van der Waals surface area contributed by atoms with Crippen LogP contribution < -0.4 is 5.56 Å². The molecule has 0 bridgehead atoms. The van der Waals surface area contributed by atoms with Crippen molar-refractivity contribution in [3.8, 4) is 11.3 Å². The maximum Gasteiger partial charge on any atom is 0.256 e. The Morgan fingerprint density at radius 3 is 2.63 bits per heavy atom. The molecule has 1 saturated heterocycles. The zero-order valence-electron chi connectivity index (χ0n) is 15.5. The lowest BCUT2D eigenvalue weighted by atomic mass is 9.98. The monoisotopic (exact) mass is 360 g/mol. The highest BCUT2D eigenvalue weighted by Gasteiger charge is 2.24. The molecule has 4 heteroatoms. The second-order valence-corrected chi connectivity index (χ2v) is 7.53. The third kappa shape index (κ3) is 2.99. The average Bonchev–Trinajstić information content (AvgIpc) is 3.09. The molecule has 1 aromatic heterocycles. The molecule has 0 spiro atoms. The summed E-state index contributed by atoms with van der Waals surface area (Å²) >= 11 is 0. The number of fused-ring (bicyclic) bond motifs is 5. The van der Waals surface area contributed by atoms with Crippen LogP contribution in [0.3, 0.4) is 0 Å². The zero-order valence-corrected chi connectivity index (χ0v) is 15.5. The van der Waals surface area contributed by atoms with Crippen LogP contribution in [-0.2, 0) is 17.6 Å². The van der Waals surface area contributed by atoms with Crippen LogP contribution in [0.1, 0.15) is 23.1 Å². The Bertz CT molecular complexity index is 1050. The van der Waals surface area contributed by atoms with Gasteiger partial charge in [-0.1, -0.05) is 36.4 Å². The van der Waals surface area contributed by atoms with Crippen molar-refractivity contribution in [2.75, 3.05) is 32.8 Å². The van der Waals surface area contributed by atoms with Crippen LogP contribution in [-0.4, -0.2) is 42.7 Å². The quantitative estimate of drug-likeness (QED) is 0.607. The number of aryl methyl sites for hydroxylation is 1. The van der Waals surface area contributed by atoms with Crippen molar-refractivity contribution in [2.24, 2.45) is 0 Å². The Labute approximate surface area is 158 Å². The second-order valence-electron chi connectivity index (χ2n) is 7.53. The van der Waals surface area contributed by atoms with Gasteiger partial charge in [0.25, 0.3) is 5.56 Å². The summed E-state index contributed by atoms with van der Waals surface area (Å²) < 4.78 is 5.43. The second kappa shape index (κ2) is 6.95. The van der Waals surface area contributed by atoms with Crippen molar-refractivity contribution in [2.45, 2.75) is 19.3 Å². The summed E-state index contributed by atoms with van der Waals surface area (Å²) in [4.78, 5) is 18.1. The summed E-state index contributed by atoms with van der Waals surface area (Å²) in [5, 5.41) is 1.88. The van der Waals surface area contributed by atoms with Gasteiger partial charge in [-0.15, -0.1) is 0 Å². The number of rotatable bonds is 4. The van der Waals surface area contributed by atoms with Gasteiger partial charge in [0, 0.05) is 30.5 Å². The molecule has 0 atom stereocenters. The van der Waals surface area contributed by atoms with E-state index in [0.29, 0.717) is 0 Å². The Balaban J connectivity index is 1.43. The van der Waals surface area contributed by atoms with Crippen molar-refractivity contribution in [3.05, 3.63) is 69.5 Å². The lowest BCUT2D eigenvalue weighted by molar-refractivity contribution is 0.0374. The number of hydrogen-bond donors (Lipinski definition) is 1. The van der Waals surface area contributed by atoms with Crippen LogP contribution in [0.4, 0.5) is 0 Å². The molecule has 1 fully saturated rings. The zero-order chi connectivity index (χ0) is 18.2. The minimum Gasteiger partial charge on any atom is -0.379 e. The van der Waals surface area contributed by atoms with E-state index in [1.165, 1.54) is 22.3 Å². The summed E-state index contributed by atoms with van der Waals surface area (Å²) in [5.41, 5.74) is 6.31. The van der Waals surface area contributed by atoms with E-state index in [9.17, 15) is 4.79 Å². The van der Waals surface area contributed by atoms with Crippen LogP contribution in [0.5, 0.6) is 0 Å². The van der Waals surface area contributed by atoms with E-state index in [4.69, 9.17) is 4.74 Å². The lowest BCUT2D eigenvalue weighted by Gasteiger charge is -2.26. The van der Waals surface area contributed by atoms with Crippen molar-refractivity contribution < 1.29 is 4.74 Å². The topological polar surface area (TPSA) is 45.3 Å². The third-order valence-corrected chi connectivity index (χ3v) is 5.96. The van der Waals surface area contributed by atoms with Crippen molar-refractivity contribution >= 4 is 10.8 Å². The number of aromatic nitrogens is 1. The van der Waals surface area contributed by atoms with Crippen LogP contribution in [0, 0.1) is 0 Å². The van der Waals surface area contributed by atoms with E-state index in [1.54, 1.807) is 0 Å². The molecule has 1 aliphatic heterocycles. The molecule has 2 aromatic carbocycles. The standard InChI is InChI=1S/C23H24N2O2/c26-23-19-8-2-1-7-17(19)21-15-20-16(5-3-9-18(20)22(21)24-23)6-4-10-25-11-13-27-14-12-25/h1-3,5,7-9H,4,6,10-15H2,(H,24,26). The molecule has 1 aliphatic carbocycles. The summed E-state index contributed by atoms with van der Waals surface area (Å²) in [6, 6.07) is 14.5. The predicted molar refractivity (Wildman–Crippen MR) is 108 cm³/mol. The van der Waals surface area contributed by atoms with Gasteiger partial charge in [-0.05, 0) is 47.5 Å². The highest BCUT2D eigenvalue weighted by Crippen LogP contribution is 2.39. The molecule has 2 aliphatic rings. The summed E-state index contributed by atoms with van der Waals surface area (Å²) in [6.45, 7) is 4.93. The van der Waals surface area contributed by atoms with Gasteiger partial charge in [-0.2, -0.15) is 0 Å². The Kier molecular flexibility index (Phi) is 4.30. The minimum atomic E-state index is 0.00919.